The summed E-state index contributed by atoms with van der Waals surface area (Å²) in [4.78, 5) is 22.1. The molecule has 1 aliphatic rings. The molecule has 80 valence electrons. The Bertz CT molecular complexity index is 214. The van der Waals surface area contributed by atoms with Crippen molar-refractivity contribution in [2.45, 2.75) is 51.6 Å². The van der Waals surface area contributed by atoms with E-state index in [0.29, 0.717) is 0 Å². The highest BCUT2D eigenvalue weighted by Gasteiger charge is 2.33. The summed E-state index contributed by atoms with van der Waals surface area (Å²) in [5, 5.41) is 5.71. The number of hydrogen-bond acceptors (Lipinski definition) is 2. The highest BCUT2D eigenvalue weighted by atomic mass is 16.2. The lowest BCUT2D eigenvalue weighted by molar-refractivity contribution is -0.125. The van der Waals surface area contributed by atoms with Crippen molar-refractivity contribution in [1.82, 2.24) is 10.6 Å². The van der Waals surface area contributed by atoms with Gasteiger partial charge in [0, 0.05) is 13.8 Å². The molecule has 0 radical (unpaired) electrons. The van der Waals surface area contributed by atoms with Crippen molar-refractivity contribution in [2.75, 3.05) is 0 Å². The second-order valence-electron chi connectivity index (χ2n) is 4.01. The van der Waals surface area contributed by atoms with Gasteiger partial charge in [-0.2, -0.15) is 0 Å². The summed E-state index contributed by atoms with van der Waals surface area (Å²) in [6, 6.07) is 0. The highest BCUT2D eigenvalue weighted by Crippen LogP contribution is 2.25. The Kier molecular flexibility index (Phi) is 3.49. The van der Waals surface area contributed by atoms with Crippen LogP contribution in [0.5, 0.6) is 0 Å². The van der Waals surface area contributed by atoms with Crippen LogP contribution in [0.4, 0.5) is 0 Å². The molecule has 0 bridgehead atoms. The van der Waals surface area contributed by atoms with Gasteiger partial charge in [0.1, 0.15) is 5.66 Å². The zero-order valence-corrected chi connectivity index (χ0v) is 8.85. The van der Waals surface area contributed by atoms with Crippen molar-refractivity contribution in [3.05, 3.63) is 0 Å². The van der Waals surface area contributed by atoms with Crippen LogP contribution in [0.3, 0.4) is 0 Å². The van der Waals surface area contributed by atoms with Crippen LogP contribution in [-0.4, -0.2) is 17.5 Å². The lowest BCUT2D eigenvalue weighted by atomic mass is 9.88. The van der Waals surface area contributed by atoms with Gasteiger partial charge in [-0.05, 0) is 25.7 Å². The zero-order chi connectivity index (χ0) is 10.6. The summed E-state index contributed by atoms with van der Waals surface area (Å²) >= 11 is 0. The smallest absolute Gasteiger partial charge is 0.218 e. The van der Waals surface area contributed by atoms with Gasteiger partial charge in [-0.15, -0.1) is 0 Å². The number of rotatable bonds is 2. The second kappa shape index (κ2) is 4.44. The fraction of sp³-hybridized carbons (Fsp3) is 0.800. The van der Waals surface area contributed by atoms with Crippen molar-refractivity contribution in [1.29, 1.82) is 0 Å². The minimum atomic E-state index is -0.476. The van der Waals surface area contributed by atoms with E-state index in [1.54, 1.807) is 0 Å². The Hall–Kier alpha value is -1.06. The highest BCUT2D eigenvalue weighted by molar-refractivity contribution is 5.77. The normalized spacial score (nSPS) is 19.9. The summed E-state index contributed by atoms with van der Waals surface area (Å²) in [5.41, 5.74) is -0.476. The third kappa shape index (κ3) is 3.01. The summed E-state index contributed by atoms with van der Waals surface area (Å²) in [6.45, 7) is 2.97. The molecule has 14 heavy (non-hydrogen) atoms. The van der Waals surface area contributed by atoms with Crippen LogP contribution < -0.4 is 10.6 Å². The van der Waals surface area contributed by atoms with Crippen LogP contribution in [-0.2, 0) is 9.59 Å². The van der Waals surface area contributed by atoms with E-state index in [2.05, 4.69) is 10.6 Å². The monoisotopic (exact) mass is 198 g/mol. The van der Waals surface area contributed by atoms with Gasteiger partial charge in [-0.25, -0.2) is 0 Å². The second-order valence-corrected chi connectivity index (χ2v) is 4.01. The van der Waals surface area contributed by atoms with Crippen molar-refractivity contribution in [3.63, 3.8) is 0 Å². The molecule has 4 heteroatoms. The summed E-state index contributed by atoms with van der Waals surface area (Å²) < 4.78 is 0. The van der Waals surface area contributed by atoms with Crippen molar-refractivity contribution in [2.24, 2.45) is 0 Å². The molecule has 1 rings (SSSR count). The quantitative estimate of drug-likeness (QED) is 0.648. The molecule has 0 aromatic carbocycles. The van der Waals surface area contributed by atoms with Gasteiger partial charge in [-0.3, -0.25) is 9.59 Å². The molecule has 4 nitrogen and oxygen atoms in total. The fourth-order valence-electron chi connectivity index (χ4n) is 2.11. The maximum Gasteiger partial charge on any atom is 0.218 e. The summed E-state index contributed by atoms with van der Waals surface area (Å²) in [5.74, 6) is -0.165. The Morgan fingerprint density at radius 2 is 1.36 bits per heavy atom. The van der Waals surface area contributed by atoms with Crippen LogP contribution in [0.1, 0.15) is 46.0 Å². The van der Waals surface area contributed by atoms with E-state index in [0.717, 1.165) is 25.7 Å². The molecular formula is C10H18N2O2. The minimum Gasteiger partial charge on any atom is -0.334 e. The molecule has 0 aromatic rings. The number of amides is 2. The lowest BCUT2D eigenvalue weighted by Crippen LogP contribution is -2.60. The van der Waals surface area contributed by atoms with Crippen molar-refractivity contribution in [3.8, 4) is 0 Å². The van der Waals surface area contributed by atoms with Gasteiger partial charge in [0.05, 0.1) is 0 Å². The first-order valence-corrected chi connectivity index (χ1v) is 5.12. The number of carbonyl (C=O) groups is 2. The van der Waals surface area contributed by atoms with Gasteiger partial charge in [0.25, 0.3) is 0 Å². The molecule has 1 fully saturated rings. The summed E-state index contributed by atoms with van der Waals surface area (Å²) in [7, 11) is 0. The van der Waals surface area contributed by atoms with Crippen LogP contribution in [0.15, 0.2) is 0 Å². The van der Waals surface area contributed by atoms with Gasteiger partial charge < -0.3 is 10.6 Å². The molecule has 0 atom stereocenters. The molecule has 1 saturated carbocycles. The van der Waals surface area contributed by atoms with E-state index in [-0.39, 0.29) is 11.8 Å². The Morgan fingerprint density at radius 3 is 1.71 bits per heavy atom. The SMILES string of the molecule is CC(=O)NC1(NC(C)=O)CCCCC1. The van der Waals surface area contributed by atoms with Gasteiger partial charge in [0.15, 0.2) is 0 Å². The number of nitrogens with one attached hydrogen (secondary N) is 2. The fourth-order valence-corrected chi connectivity index (χ4v) is 2.11. The van der Waals surface area contributed by atoms with E-state index in [1.807, 2.05) is 0 Å². The average molecular weight is 198 g/mol. The zero-order valence-electron chi connectivity index (χ0n) is 8.85. The molecule has 2 N–H and O–H groups in total. The Balaban J connectivity index is 2.66. The first kappa shape index (κ1) is 11.0. The third-order valence-corrected chi connectivity index (χ3v) is 2.54. The molecule has 0 spiro atoms. The molecule has 2 amide bonds. The van der Waals surface area contributed by atoms with Crippen molar-refractivity contribution < 1.29 is 9.59 Å². The van der Waals surface area contributed by atoms with Crippen LogP contribution in [0.2, 0.25) is 0 Å². The minimum absolute atomic E-state index is 0.0827. The maximum atomic E-state index is 11.0. The van der Waals surface area contributed by atoms with Crippen LogP contribution in [0.25, 0.3) is 0 Å². The standard InChI is InChI=1S/C10H18N2O2/c1-8(13)11-10(12-9(2)14)6-4-3-5-7-10/h3-7H2,1-2H3,(H,11,13)(H,12,14). The molecular weight excluding hydrogens is 180 g/mol. The van der Waals surface area contributed by atoms with E-state index >= 15 is 0 Å². The Labute approximate surface area is 84.4 Å². The van der Waals surface area contributed by atoms with Crippen molar-refractivity contribution >= 4 is 11.8 Å². The van der Waals surface area contributed by atoms with Gasteiger partial charge in [-0.1, -0.05) is 6.42 Å². The molecule has 0 aromatic heterocycles. The van der Waals surface area contributed by atoms with E-state index in [4.69, 9.17) is 0 Å². The van der Waals surface area contributed by atoms with E-state index < -0.39 is 5.66 Å². The maximum absolute atomic E-state index is 11.0. The topological polar surface area (TPSA) is 58.2 Å². The molecule has 0 aliphatic heterocycles. The average Bonchev–Trinajstić information content (AvgIpc) is 2.01. The van der Waals surface area contributed by atoms with Crippen LogP contribution in [0, 0.1) is 0 Å². The first-order chi connectivity index (χ1) is 6.54. The third-order valence-electron chi connectivity index (χ3n) is 2.54. The van der Waals surface area contributed by atoms with E-state index in [1.165, 1.54) is 20.3 Å². The van der Waals surface area contributed by atoms with Crippen LogP contribution >= 0.6 is 0 Å². The first-order valence-electron chi connectivity index (χ1n) is 5.12. The van der Waals surface area contributed by atoms with Gasteiger partial charge >= 0.3 is 0 Å². The predicted molar refractivity (Wildman–Crippen MR) is 53.4 cm³/mol. The molecule has 0 unspecified atom stereocenters. The molecule has 0 saturated heterocycles. The lowest BCUT2D eigenvalue weighted by Gasteiger charge is -2.38. The Morgan fingerprint density at radius 1 is 0.929 bits per heavy atom. The molecule has 1 aliphatic carbocycles. The predicted octanol–water partition coefficient (Wildman–Crippen LogP) is 0.919. The number of hydrogen-bond donors (Lipinski definition) is 2. The largest absolute Gasteiger partial charge is 0.334 e. The van der Waals surface area contributed by atoms with Gasteiger partial charge in [0.2, 0.25) is 11.8 Å². The number of carbonyl (C=O) groups excluding carboxylic acids is 2. The molecule has 0 heterocycles. The summed E-state index contributed by atoms with van der Waals surface area (Å²) in [6.07, 6.45) is 4.97. The van der Waals surface area contributed by atoms with E-state index in [9.17, 15) is 9.59 Å².